The van der Waals surface area contributed by atoms with Gasteiger partial charge in [0.15, 0.2) is 0 Å². The highest BCUT2D eigenvalue weighted by Crippen LogP contribution is 2.20. The van der Waals surface area contributed by atoms with Gasteiger partial charge in [0.25, 0.3) is 0 Å². The van der Waals surface area contributed by atoms with Gasteiger partial charge < -0.3 is 16.0 Å². The minimum Gasteiger partial charge on any atom is -0.317 e. The van der Waals surface area contributed by atoms with Crippen LogP contribution in [0, 0.1) is 11.6 Å². The molecule has 1 saturated heterocycles. The van der Waals surface area contributed by atoms with E-state index in [0.29, 0.717) is 18.3 Å². The van der Waals surface area contributed by atoms with Crippen LogP contribution in [0.5, 0.6) is 0 Å². The van der Waals surface area contributed by atoms with Gasteiger partial charge in [0.1, 0.15) is 11.6 Å². The summed E-state index contributed by atoms with van der Waals surface area (Å²) >= 11 is 0. The zero-order valence-electron chi connectivity index (χ0n) is 15.3. The number of nitrogens with zero attached hydrogens (tertiary/aromatic N) is 1. The Labute approximate surface area is 157 Å². The number of piperidine rings is 1. The lowest BCUT2D eigenvalue weighted by molar-refractivity contribution is 0.194. The summed E-state index contributed by atoms with van der Waals surface area (Å²) in [5, 5.41) is 8.37. The van der Waals surface area contributed by atoms with E-state index in [1.807, 2.05) is 7.05 Å². The topological polar surface area (TPSA) is 56.4 Å². The maximum absolute atomic E-state index is 14.1. The van der Waals surface area contributed by atoms with E-state index in [9.17, 15) is 13.6 Å². The first kappa shape index (κ1) is 19.3. The molecule has 0 aromatic heterocycles. The van der Waals surface area contributed by atoms with Crippen molar-refractivity contribution in [2.45, 2.75) is 25.4 Å². The van der Waals surface area contributed by atoms with Crippen molar-refractivity contribution in [2.24, 2.45) is 0 Å². The van der Waals surface area contributed by atoms with Crippen LogP contribution in [0.1, 0.15) is 18.4 Å². The number of amides is 2. The first-order chi connectivity index (χ1) is 13.0. The zero-order valence-corrected chi connectivity index (χ0v) is 15.3. The van der Waals surface area contributed by atoms with E-state index in [2.05, 4.69) is 20.9 Å². The summed E-state index contributed by atoms with van der Waals surface area (Å²) in [6.45, 7) is 2.68. The predicted octanol–water partition coefficient (Wildman–Crippen LogP) is 3.79. The molecule has 0 bridgehead atoms. The van der Waals surface area contributed by atoms with Crippen molar-refractivity contribution in [2.75, 3.05) is 30.8 Å². The van der Waals surface area contributed by atoms with Crippen LogP contribution in [0.3, 0.4) is 0 Å². The second-order valence-corrected chi connectivity index (χ2v) is 6.74. The van der Waals surface area contributed by atoms with Crippen LogP contribution >= 0.6 is 0 Å². The Bertz CT molecular complexity index is 774. The van der Waals surface area contributed by atoms with Gasteiger partial charge in [-0.05, 0) is 74.9 Å². The van der Waals surface area contributed by atoms with Crippen molar-refractivity contribution in [3.8, 4) is 0 Å². The number of carbonyl (C=O) groups is 1. The highest BCUT2D eigenvalue weighted by molar-refractivity contribution is 5.99. The van der Waals surface area contributed by atoms with Gasteiger partial charge in [-0.2, -0.15) is 0 Å². The van der Waals surface area contributed by atoms with Gasteiger partial charge in [-0.25, -0.2) is 13.6 Å². The summed E-state index contributed by atoms with van der Waals surface area (Å²) in [6, 6.07) is 10.1. The number of likely N-dealkylation sites (tertiary alicyclic amines) is 1. The summed E-state index contributed by atoms with van der Waals surface area (Å²) in [5.41, 5.74) is 1.49. The Balaban J connectivity index is 1.59. The molecular weight excluding hydrogens is 350 g/mol. The predicted molar refractivity (Wildman–Crippen MR) is 103 cm³/mol. The van der Waals surface area contributed by atoms with E-state index in [-0.39, 0.29) is 5.69 Å². The molecule has 2 amide bonds. The highest BCUT2D eigenvalue weighted by Gasteiger charge is 2.18. The molecule has 0 aliphatic carbocycles. The third-order valence-electron chi connectivity index (χ3n) is 4.78. The Morgan fingerprint density at radius 2 is 1.78 bits per heavy atom. The molecule has 1 aliphatic heterocycles. The smallest absolute Gasteiger partial charge is 0.317 e. The minimum absolute atomic E-state index is 0.122. The van der Waals surface area contributed by atoms with Gasteiger partial charge in [0.05, 0.1) is 5.69 Å². The third kappa shape index (κ3) is 5.48. The van der Waals surface area contributed by atoms with Crippen molar-refractivity contribution in [3.63, 3.8) is 0 Å². The largest absolute Gasteiger partial charge is 0.323 e. The lowest BCUT2D eigenvalue weighted by Crippen LogP contribution is -2.40. The van der Waals surface area contributed by atoms with Gasteiger partial charge in [-0.1, -0.05) is 6.07 Å². The average Bonchev–Trinajstić information content (AvgIpc) is 2.67. The van der Waals surface area contributed by atoms with E-state index in [4.69, 9.17) is 0 Å². The fourth-order valence-electron chi connectivity index (χ4n) is 3.22. The van der Waals surface area contributed by atoms with Crippen LogP contribution < -0.4 is 16.0 Å². The number of hydrogen-bond donors (Lipinski definition) is 3. The molecule has 27 heavy (non-hydrogen) atoms. The third-order valence-corrected chi connectivity index (χ3v) is 4.78. The number of anilines is 2. The molecule has 1 fully saturated rings. The summed E-state index contributed by atoms with van der Waals surface area (Å²) < 4.78 is 27.0. The highest BCUT2D eigenvalue weighted by atomic mass is 19.1. The lowest BCUT2D eigenvalue weighted by Gasteiger charge is -2.31. The first-order valence-electron chi connectivity index (χ1n) is 9.05. The van der Waals surface area contributed by atoms with Crippen LogP contribution in [0.25, 0.3) is 0 Å². The van der Waals surface area contributed by atoms with Gasteiger partial charge in [0.2, 0.25) is 0 Å². The molecule has 7 heteroatoms. The van der Waals surface area contributed by atoms with E-state index < -0.39 is 17.7 Å². The summed E-state index contributed by atoms with van der Waals surface area (Å²) in [6.07, 6.45) is 2.17. The maximum atomic E-state index is 14.1. The van der Waals surface area contributed by atoms with Crippen LogP contribution in [0.4, 0.5) is 25.0 Å². The van der Waals surface area contributed by atoms with Crippen molar-refractivity contribution in [1.29, 1.82) is 0 Å². The van der Waals surface area contributed by atoms with Crippen molar-refractivity contribution >= 4 is 17.4 Å². The number of urea groups is 1. The number of hydrogen-bond acceptors (Lipinski definition) is 3. The fraction of sp³-hybridized carbons (Fsp3) is 0.350. The standard InChI is InChI=1S/C20H24F2N4O/c1-23-16-8-10-26(11-9-16)13-14-2-7-18(22)19(12-14)25-20(27)24-17-5-3-15(21)4-6-17/h2-7,12,16,23H,8-11,13H2,1H3,(H2,24,25,27). The molecule has 2 aromatic rings. The van der Waals surface area contributed by atoms with Crippen LogP contribution in [0.2, 0.25) is 0 Å². The molecule has 1 aliphatic rings. The Morgan fingerprint density at radius 1 is 1.07 bits per heavy atom. The summed E-state index contributed by atoms with van der Waals surface area (Å²) in [5.74, 6) is -0.889. The number of halogens is 2. The van der Waals surface area contributed by atoms with Crippen molar-refractivity contribution < 1.29 is 13.6 Å². The van der Waals surface area contributed by atoms with E-state index in [1.54, 1.807) is 12.1 Å². The minimum atomic E-state index is -0.576. The molecule has 0 saturated carbocycles. The Hall–Kier alpha value is -2.51. The number of nitrogens with one attached hydrogen (secondary N) is 3. The first-order valence-corrected chi connectivity index (χ1v) is 9.05. The van der Waals surface area contributed by atoms with Crippen LogP contribution in [-0.2, 0) is 6.54 Å². The fourth-order valence-corrected chi connectivity index (χ4v) is 3.22. The van der Waals surface area contributed by atoms with E-state index in [1.165, 1.54) is 30.3 Å². The second kappa shape index (κ2) is 8.92. The number of rotatable bonds is 5. The molecule has 0 radical (unpaired) electrons. The molecule has 3 N–H and O–H groups in total. The van der Waals surface area contributed by atoms with Gasteiger partial charge >= 0.3 is 6.03 Å². The summed E-state index contributed by atoms with van der Waals surface area (Å²) in [7, 11) is 1.98. The average molecular weight is 374 g/mol. The van der Waals surface area contributed by atoms with Crippen LogP contribution in [-0.4, -0.2) is 37.1 Å². The maximum Gasteiger partial charge on any atom is 0.323 e. The molecule has 1 heterocycles. The van der Waals surface area contributed by atoms with Gasteiger partial charge in [-0.15, -0.1) is 0 Å². The van der Waals surface area contributed by atoms with Crippen LogP contribution in [0.15, 0.2) is 42.5 Å². The molecule has 0 unspecified atom stereocenters. The Kier molecular flexibility index (Phi) is 6.36. The molecule has 5 nitrogen and oxygen atoms in total. The zero-order chi connectivity index (χ0) is 19.2. The molecule has 144 valence electrons. The number of carbonyl (C=O) groups excluding carboxylic acids is 1. The van der Waals surface area contributed by atoms with Crippen molar-refractivity contribution in [1.82, 2.24) is 10.2 Å². The molecule has 3 rings (SSSR count). The molecular formula is C20H24F2N4O. The monoisotopic (exact) mass is 374 g/mol. The van der Waals surface area contributed by atoms with E-state index >= 15 is 0 Å². The number of benzene rings is 2. The van der Waals surface area contributed by atoms with E-state index in [0.717, 1.165) is 31.5 Å². The molecule has 2 aromatic carbocycles. The second-order valence-electron chi connectivity index (χ2n) is 6.74. The Morgan fingerprint density at radius 3 is 2.44 bits per heavy atom. The van der Waals surface area contributed by atoms with Crippen molar-refractivity contribution in [3.05, 3.63) is 59.7 Å². The molecule has 0 atom stereocenters. The lowest BCUT2D eigenvalue weighted by atomic mass is 10.0. The summed E-state index contributed by atoms with van der Waals surface area (Å²) in [4.78, 5) is 14.4. The normalized spacial score (nSPS) is 15.5. The quantitative estimate of drug-likeness (QED) is 0.746. The SMILES string of the molecule is CNC1CCN(Cc2ccc(F)c(NC(=O)Nc3ccc(F)cc3)c2)CC1. The van der Waals surface area contributed by atoms with Gasteiger partial charge in [-0.3, -0.25) is 4.90 Å². The molecule has 0 spiro atoms. The van der Waals surface area contributed by atoms with Gasteiger partial charge in [0, 0.05) is 18.3 Å².